The van der Waals surface area contributed by atoms with Gasteiger partial charge in [0.1, 0.15) is 4.75 Å². The maximum absolute atomic E-state index is 13.5. The van der Waals surface area contributed by atoms with Gasteiger partial charge in [0, 0.05) is 5.92 Å². The van der Waals surface area contributed by atoms with Gasteiger partial charge in [-0.05, 0) is 19.1 Å². The SMILES string of the molecule is Cc1ccc(S(=O)(=O)C23C([C@@H]4C=C[C@H]2O4)[C@@H]2C=C[C@H]3O2)cc1. The van der Waals surface area contributed by atoms with Gasteiger partial charge in [0.15, 0.2) is 9.84 Å². The molecule has 0 N–H and O–H groups in total. The van der Waals surface area contributed by atoms with Crippen LogP contribution in [0.25, 0.3) is 0 Å². The van der Waals surface area contributed by atoms with Gasteiger partial charge in [-0.1, -0.05) is 42.0 Å². The van der Waals surface area contributed by atoms with Crippen LogP contribution in [0.4, 0.5) is 0 Å². The first-order valence-electron chi connectivity index (χ1n) is 7.54. The highest BCUT2D eigenvalue weighted by atomic mass is 32.2. The highest BCUT2D eigenvalue weighted by Gasteiger charge is 2.75. The Morgan fingerprint density at radius 3 is 2.00 bits per heavy atom. The van der Waals surface area contributed by atoms with Gasteiger partial charge in [-0.15, -0.1) is 0 Å². The van der Waals surface area contributed by atoms with Crippen molar-refractivity contribution in [1.29, 1.82) is 0 Å². The molecule has 22 heavy (non-hydrogen) atoms. The fourth-order valence-corrected chi connectivity index (χ4v) is 6.92. The summed E-state index contributed by atoms with van der Waals surface area (Å²) in [4.78, 5) is 0.359. The van der Waals surface area contributed by atoms with E-state index in [0.717, 1.165) is 5.56 Å². The molecule has 0 unspecified atom stereocenters. The summed E-state index contributed by atoms with van der Waals surface area (Å²) in [5.41, 5.74) is 1.04. The van der Waals surface area contributed by atoms with Gasteiger partial charge < -0.3 is 9.47 Å². The van der Waals surface area contributed by atoms with Crippen molar-refractivity contribution in [2.75, 3.05) is 0 Å². The molecule has 0 spiro atoms. The van der Waals surface area contributed by atoms with E-state index in [2.05, 4.69) is 0 Å². The molecule has 1 aromatic rings. The zero-order valence-electron chi connectivity index (χ0n) is 12.0. The maximum Gasteiger partial charge on any atom is 0.190 e. The van der Waals surface area contributed by atoms with Gasteiger partial charge in [-0.3, -0.25) is 0 Å². The average Bonchev–Trinajstić information content (AvgIpc) is 3.26. The summed E-state index contributed by atoms with van der Waals surface area (Å²) < 4.78 is 37.9. The van der Waals surface area contributed by atoms with Gasteiger partial charge in [0.2, 0.25) is 0 Å². The third-order valence-corrected chi connectivity index (χ3v) is 8.03. The Kier molecular flexibility index (Phi) is 2.32. The monoisotopic (exact) mass is 316 g/mol. The topological polar surface area (TPSA) is 52.6 Å². The molecule has 4 heterocycles. The molecule has 4 bridgehead atoms. The second-order valence-electron chi connectivity index (χ2n) is 6.51. The molecule has 4 nitrogen and oxygen atoms in total. The average molecular weight is 316 g/mol. The van der Waals surface area contributed by atoms with Gasteiger partial charge in [-0.2, -0.15) is 0 Å². The summed E-state index contributed by atoms with van der Waals surface area (Å²) in [6.07, 6.45) is 6.58. The number of benzene rings is 1. The second kappa shape index (κ2) is 3.91. The van der Waals surface area contributed by atoms with Crippen molar-refractivity contribution in [2.24, 2.45) is 5.92 Å². The second-order valence-corrected chi connectivity index (χ2v) is 8.69. The lowest BCUT2D eigenvalue weighted by atomic mass is 9.75. The summed E-state index contributed by atoms with van der Waals surface area (Å²) in [5, 5.41) is 0. The molecule has 0 aliphatic carbocycles. The van der Waals surface area contributed by atoms with E-state index in [1.165, 1.54) is 0 Å². The molecule has 114 valence electrons. The minimum absolute atomic E-state index is 0.149. The van der Waals surface area contributed by atoms with Crippen molar-refractivity contribution < 1.29 is 17.9 Å². The molecule has 0 aromatic heterocycles. The highest BCUT2D eigenvalue weighted by molar-refractivity contribution is 7.93. The molecule has 5 heteroatoms. The molecule has 0 saturated carbocycles. The van der Waals surface area contributed by atoms with Crippen molar-refractivity contribution in [1.82, 2.24) is 0 Å². The van der Waals surface area contributed by atoms with Gasteiger partial charge in [0.05, 0.1) is 29.3 Å². The van der Waals surface area contributed by atoms with E-state index >= 15 is 0 Å². The Bertz CT molecular complexity index is 778. The quantitative estimate of drug-likeness (QED) is 0.781. The lowest BCUT2D eigenvalue weighted by Gasteiger charge is -2.37. The number of ether oxygens (including phenoxy) is 2. The van der Waals surface area contributed by atoms with E-state index < -0.39 is 26.8 Å². The van der Waals surface area contributed by atoms with Crippen molar-refractivity contribution >= 4 is 9.84 Å². The van der Waals surface area contributed by atoms with Gasteiger partial charge in [0.25, 0.3) is 0 Å². The van der Waals surface area contributed by atoms with E-state index in [-0.39, 0.29) is 18.1 Å². The predicted molar refractivity (Wildman–Crippen MR) is 80.2 cm³/mol. The van der Waals surface area contributed by atoms with Crippen molar-refractivity contribution in [2.45, 2.75) is 41.0 Å². The van der Waals surface area contributed by atoms with Crippen LogP contribution in [0.5, 0.6) is 0 Å². The van der Waals surface area contributed by atoms with Crippen LogP contribution in [0.2, 0.25) is 0 Å². The first-order chi connectivity index (χ1) is 10.5. The predicted octanol–water partition coefficient (Wildman–Crippen LogP) is 1.80. The third kappa shape index (κ3) is 1.26. The van der Waals surface area contributed by atoms with Crippen LogP contribution in [0.15, 0.2) is 53.5 Å². The third-order valence-electron chi connectivity index (χ3n) is 5.47. The molecule has 1 aromatic carbocycles. The van der Waals surface area contributed by atoms with Crippen LogP contribution in [-0.4, -0.2) is 37.6 Å². The molecule has 2 fully saturated rings. The summed E-state index contributed by atoms with van der Waals surface area (Å²) in [6.45, 7) is 1.95. The number of sulfone groups is 1. The van der Waals surface area contributed by atoms with E-state index in [1.807, 2.05) is 43.4 Å². The zero-order chi connectivity index (χ0) is 15.1. The Labute approximate surface area is 129 Å². The Morgan fingerprint density at radius 1 is 0.909 bits per heavy atom. The molecular formula is C17H16O4S. The summed E-state index contributed by atoms with van der Waals surface area (Å²) in [5.74, 6) is -0.149. The molecule has 4 atom stereocenters. The number of rotatable bonds is 2. The fourth-order valence-electron chi connectivity index (χ4n) is 4.51. The van der Waals surface area contributed by atoms with E-state index in [4.69, 9.17) is 9.47 Å². The molecular weight excluding hydrogens is 300 g/mol. The highest BCUT2D eigenvalue weighted by Crippen LogP contribution is 2.60. The minimum Gasteiger partial charge on any atom is -0.365 e. The Balaban J connectivity index is 1.74. The Morgan fingerprint density at radius 2 is 1.45 bits per heavy atom. The van der Waals surface area contributed by atoms with Crippen LogP contribution in [0.1, 0.15) is 5.56 Å². The van der Waals surface area contributed by atoms with E-state index in [0.29, 0.717) is 4.90 Å². The lowest BCUT2D eigenvalue weighted by molar-refractivity contribution is 0.0271. The molecule has 0 radical (unpaired) electrons. The number of aryl methyl sites for hydroxylation is 1. The molecule has 4 aliphatic heterocycles. The molecule has 2 saturated heterocycles. The van der Waals surface area contributed by atoms with Crippen LogP contribution in [0, 0.1) is 12.8 Å². The molecule has 4 aliphatic rings. The van der Waals surface area contributed by atoms with Gasteiger partial charge in [-0.25, -0.2) is 8.42 Å². The lowest BCUT2D eigenvalue weighted by Crippen LogP contribution is -2.57. The van der Waals surface area contributed by atoms with Crippen LogP contribution in [0.3, 0.4) is 0 Å². The Hall–Kier alpha value is -1.43. The van der Waals surface area contributed by atoms with Crippen molar-refractivity contribution in [3.8, 4) is 0 Å². The fraction of sp³-hybridized carbons (Fsp3) is 0.412. The van der Waals surface area contributed by atoms with Crippen LogP contribution < -0.4 is 0 Å². The first kappa shape index (κ1) is 13.0. The minimum atomic E-state index is -3.57. The summed E-state index contributed by atoms with van der Waals surface area (Å²) in [7, 11) is -3.57. The number of hydrogen-bond donors (Lipinski definition) is 0. The number of hydrogen-bond acceptors (Lipinski definition) is 4. The van der Waals surface area contributed by atoms with E-state index in [9.17, 15) is 8.42 Å². The standard InChI is InChI=1S/C17H16O4S/c1-10-2-4-11(5-3-10)22(18,19)17-14-8-6-12(20-14)16(17)13-7-9-15(17)21-13/h2-9,12-16H,1H3/t12-,13-,14+,15+,16?,17?/m0/s1. The molecule has 0 amide bonds. The normalized spacial score (nSPS) is 44.0. The van der Waals surface area contributed by atoms with Gasteiger partial charge >= 0.3 is 0 Å². The largest absolute Gasteiger partial charge is 0.365 e. The maximum atomic E-state index is 13.5. The zero-order valence-corrected chi connectivity index (χ0v) is 12.9. The molecule has 5 rings (SSSR count). The van der Waals surface area contributed by atoms with Crippen LogP contribution in [-0.2, 0) is 19.3 Å². The smallest absolute Gasteiger partial charge is 0.190 e. The van der Waals surface area contributed by atoms with Crippen molar-refractivity contribution in [3.63, 3.8) is 0 Å². The van der Waals surface area contributed by atoms with Crippen molar-refractivity contribution in [3.05, 3.63) is 54.1 Å². The summed E-state index contributed by atoms with van der Waals surface area (Å²) >= 11 is 0. The van der Waals surface area contributed by atoms with E-state index in [1.54, 1.807) is 12.1 Å². The van der Waals surface area contributed by atoms with Crippen LogP contribution >= 0.6 is 0 Å². The first-order valence-corrected chi connectivity index (χ1v) is 9.02. The summed E-state index contributed by atoms with van der Waals surface area (Å²) in [6, 6.07) is 7.07. The number of fused-ring (bicyclic) bond motifs is 9.